The molecule has 0 aromatic heterocycles. The highest BCUT2D eigenvalue weighted by Crippen LogP contribution is 2.32. The van der Waals surface area contributed by atoms with E-state index in [0.717, 1.165) is 70.3 Å². The lowest BCUT2D eigenvalue weighted by Crippen LogP contribution is -2.51. The van der Waals surface area contributed by atoms with Gasteiger partial charge in [0.1, 0.15) is 5.82 Å². The molecule has 0 spiro atoms. The Kier molecular flexibility index (Phi) is 6.48. The van der Waals surface area contributed by atoms with E-state index < -0.39 is 0 Å². The van der Waals surface area contributed by atoms with Gasteiger partial charge in [-0.3, -0.25) is 14.5 Å². The van der Waals surface area contributed by atoms with Crippen LogP contribution in [0.4, 0.5) is 4.39 Å². The van der Waals surface area contributed by atoms with E-state index >= 15 is 0 Å². The van der Waals surface area contributed by atoms with Crippen molar-refractivity contribution in [2.24, 2.45) is 11.8 Å². The fourth-order valence-corrected chi connectivity index (χ4v) is 4.76. The number of halogens is 1. The molecule has 1 saturated carbocycles. The van der Waals surface area contributed by atoms with Crippen LogP contribution in [-0.2, 0) is 16.0 Å². The molecule has 3 aliphatic rings. The number of amides is 2. The van der Waals surface area contributed by atoms with Crippen LogP contribution in [0.15, 0.2) is 24.3 Å². The number of nitrogens with zero attached hydrogens (tertiary/aromatic N) is 2. The lowest BCUT2D eigenvalue weighted by Gasteiger charge is -2.42. The average molecular weight is 402 g/mol. The van der Waals surface area contributed by atoms with Gasteiger partial charge in [0.2, 0.25) is 11.8 Å². The summed E-state index contributed by atoms with van der Waals surface area (Å²) in [7, 11) is 0. The third-order valence-electron chi connectivity index (χ3n) is 6.64. The third-order valence-corrected chi connectivity index (χ3v) is 6.64. The van der Waals surface area contributed by atoms with E-state index in [1.54, 1.807) is 6.07 Å². The molecule has 3 fully saturated rings. The molecular weight excluding hydrogens is 369 g/mol. The maximum absolute atomic E-state index is 13.3. The van der Waals surface area contributed by atoms with Crippen molar-refractivity contribution in [3.05, 3.63) is 35.6 Å². The van der Waals surface area contributed by atoms with Gasteiger partial charge in [-0.15, -0.1) is 0 Å². The molecule has 2 amide bonds. The zero-order valence-electron chi connectivity index (χ0n) is 17.1. The molecule has 29 heavy (non-hydrogen) atoms. The molecule has 0 radical (unpaired) electrons. The summed E-state index contributed by atoms with van der Waals surface area (Å²) in [6, 6.07) is 7.04. The molecule has 158 valence electrons. The summed E-state index contributed by atoms with van der Waals surface area (Å²) in [5, 5.41) is 3.04. The lowest BCUT2D eigenvalue weighted by atomic mass is 9.93. The van der Waals surface area contributed by atoms with Crippen LogP contribution in [0, 0.1) is 17.7 Å². The fraction of sp³-hybridized carbons (Fsp3) is 0.652. The molecule has 1 aromatic rings. The smallest absolute Gasteiger partial charge is 0.225 e. The van der Waals surface area contributed by atoms with Gasteiger partial charge in [0, 0.05) is 38.1 Å². The van der Waals surface area contributed by atoms with Gasteiger partial charge in [-0.2, -0.15) is 0 Å². The van der Waals surface area contributed by atoms with Crippen LogP contribution in [0.5, 0.6) is 0 Å². The van der Waals surface area contributed by atoms with Crippen LogP contribution in [-0.4, -0.2) is 60.4 Å². The van der Waals surface area contributed by atoms with Crippen LogP contribution in [0.2, 0.25) is 0 Å². The molecule has 2 saturated heterocycles. The quantitative estimate of drug-likeness (QED) is 0.797. The number of carbonyl (C=O) groups excluding carboxylic acids is 2. The lowest BCUT2D eigenvalue weighted by molar-refractivity contribution is -0.134. The van der Waals surface area contributed by atoms with Crippen LogP contribution in [0.25, 0.3) is 0 Å². The highest BCUT2D eigenvalue weighted by atomic mass is 19.1. The molecule has 6 heteroatoms. The molecule has 5 nitrogen and oxygen atoms in total. The Morgan fingerprint density at radius 2 is 1.83 bits per heavy atom. The number of nitrogens with one attached hydrogen (secondary N) is 1. The molecule has 0 unspecified atom stereocenters. The Balaban J connectivity index is 1.20. The van der Waals surface area contributed by atoms with Crippen molar-refractivity contribution in [1.82, 2.24) is 15.1 Å². The molecule has 4 rings (SSSR count). The molecular formula is C23H32FN3O2. The minimum Gasteiger partial charge on any atom is -0.355 e. The second kappa shape index (κ2) is 9.24. The van der Waals surface area contributed by atoms with Gasteiger partial charge in [-0.05, 0) is 69.2 Å². The van der Waals surface area contributed by atoms with Gasteiger partial charge >= 0.3 is 0 Å². The maximum atomic E-state index is 13.3. The summed E-state index contributed by atoms with van der Waals surface area (Å²) in [4.78, 5) is 29.4. The minimum atomic E-state index is -0.235. The van der Waals surface area contributed by atoms with Crippen molar-refractivity contribution >= 4 is 11.8 Å². The molecule has 1 aromatic carbocycles. The van der Waals surface area contributed by atoms with Crippen molar-refractivity contribution in [3.8, 4) is 0 Å². The highest BCUT2D eigenvalue weighted by molar-refractivity contribution is 5.81. The van der Waals surface area contributed by atoms with E-state index in [1.807, 2.05) is 6.07 Å². The minimum absolute atomic E-state index is 0.0300. The fourth-order valence-electron chi connectivity index (χ4n) is 4.76. The van der Waals surface area contributed by atoms with Crippen molar-refractivity contribution < 1.29 is 14.0 Å². The van der Waals surface area contributed by atoms with E-state index in [1.165, 1.54) is 12.1 Å². The van der Waals surface area contributed by atoms with Crippen molar-refractivity contribution in [2.45, 2.75) is 51.0 Å². The second-order valence-electron chi connectivity index (χ2n) is 8.84. The number of likely N-dealkylation sites (tertiary alicyclic amines) is 2. The van der Waals surface area contributed by atoms with E-state index in [0.29, 0.717) is 30.8 Å². The molecule has 2 aliphatic heterocycles. The summed E-state index contributed by atoms with van der Waals surface area (Å²) in [6.45, 7) is 4.13. The Morgan fingerprint density at radius 1 is 1.03 bits per heavy atom. The largest absolute Gasteiger partial charge is 0.355 e. The van der Waals surface area contributed by atoms with Gasteiger partial charge in [-0.25, -0.2) is 4.39 Å². The molecule has 1 atom stereocenters. The summed E-state index contributed by atoms with van der Waals surface area (Å²) in [6.07, 6.45) is 6.80. The van der Waals surface area contributed by atoms with E-state index in [9.17, 15) is 14.0 Å². The number of rotatable bonds is 6. The predicted octanol–water partition coefficient (Wildman–Crippen LogP) is 2.60. The Morgan fingerprint density at radius 3 is 2.55 bits per heavy atom. The second-order valence-corrected chi connectivity index (χ2v) is 8.84. The normalized spacial score (nSPS) is 23.8. The van der Waals surface area contributed by atoms with Crippen LogP contribution >= 0.6 is 0 Å². The Bertz CT molecular complexity index is 729. The van der Waals surface area contributed by atoms with Crippen LogP contribution in [0.3, 0.4) is 0 Å². The highest BCUT2D eigenvalue weighted by Gasteiger charge is 2.37. The first-order chi connectivity index (χ1) is 14.1. The predicted molar refractivity (Wildman–Crippen MR) is 110 cm³/mol. The van der Waals surface area contributed by atoms with Crippen molar-refractivity contribution in [3.63, 3.8) is 0 Å². The molecule has 2 heterocycles. The number of benzene rings is 1. The van der Waals surface area contributed by atoms with Crippen LogP contribution in [0.1, 0.15) is 44.1 Å². The maximum Gasteiger partial charge on any atom is 0.225 e. The summed E-state index contributed by atoms with van der Waals surface area (Å²) in [5.74, 6) is 0.580. The molecule has 0 bridgehead atoms. The molecule has 1 aliphatic carbocycles. The van der Waals surface area contributed by atoms with Gasteiger partial charge < -0.3 is 10.2 Å². The van der Waals surface area contributed by atoms with E-state index in [2.05, 4.69) is 15.1 Å². The van der Waals surface area contributed by atoms with Gasteiger partial charge in [0.05, 0.1) is 5.92 Å². The first kappa shape index (κ1) is 20.3. The SMILES string of the molecule is O=C(NCCc1cccc(F)c1)[C@@H]1CCCN(C2CCN(C(=O)C3CC3)CC2)C1. The number of piperidine rings is 2. The topological polar surface area (TPSA) is 52.7 Å². The van der Waals surface area contributed by atoms with Crippen LogP contribution < -0.4 is 5.32 Å². The molecule has 1 N–H and O–H groups in total. The van der Waals surface area contributed by atoms with Crippen molar-refractivity contribution in [1.29, 1.82) is 0 Å². The first-order valence-corrected chi connectivity index (χ1v) is 11.1. The monoisotopic (exact) mass is 401 g/mol. The summed E-state index contributed by atoms with van der Waals surface area (Å²) < 4.78 is 13.3. The van der Waals surface area contributed by atoms with E-state index in [-0.39, 0.29) is 17.6 Å². The summed E-state index contributed by atoms with van der Waals surface area (Å²) in [5.41, 5.74) is 0.906. The first-order valence-electron chi connectivity index (χ1n) is 11.1. The number of hydrogen-bond acceptors (Lipinski definition) is 3. The number of carbonyl (C=O) groups is 2. The Labute approximate surface area is 172 Å². The summed E-state index contributed by atoms with van der Waals surface area (Å²) >= 11 is 0. The van der Waals surface area contributed by atoms with Gasteiger partial charge in [0.25, 0.3) is 0 Å². The average Bonchev–Trinajstić information content (AvgIpc) is 3.59. The van der Waals surface area contributed by atoms with Crippen molar-refractivity contribution in [2.75, 3.05) is 32.7 Å². The van der Waals surface area contributed by atoms with Gasteiger partial charge in [-0.1, -0.05) is 12.1 Å². The third kappa shape index (κ3) is 5.35. The zero-order valence-corrected chi connectivity index (χ0v) is 17.1. The standard InChI is InChI=1S/C23H32FN3O2/c24-20-5-1-3-17(15-20)8-11-25-22(28)19-4-2-12-27(16-19)21-9-13-26(14-10-21)23(29)18-6-7-18/h1,3,5,15,18-19,21H,2,4,6-14,16H2,(H,25,28)/t19-/m1/s1. The van der Waals surface area contributed by atoms with E-state index in [4.69, 9.17) is 0 Å². The van der Waals surface area contributed by atoms with Gasteiger partial charge in [0.15, 0.2) is 0 Å². The number of hydrogen-bond donors (Lipinski definition) is 1. The Hall–Kier alpha value is -1.95. The zero-order chi connectivity index (χ0) is 20.2.